The third kappa shape index (κ3) is 3.27. The summed E-state index contributed by atoms with van der Waals surface area (Å²) in [6, 6.07) is 0. The molecule has 7 heavy (non-hydrogen) atoms. The second kappa shape index (κ2) is 3.62. The molecule has 0 aliphatic carbocycles. The summed E-state index contributed by atoms with van der Waals surface area (Å²) in [4.78, 5) is 9.65. The van der Waals surface area contributed by atoms with Crippen LogP contribution in [0.25, 0.3) is 0 Å². The molecule has 0 spiro atoms. The van der Waals surface area contributed by atoms with Crippen molar-refractivity contribution in [2.45, 2.75) is 0 Å². The number of hydrogen-bond acceptors (Lipinski definition) is 1. The molecule has 0 unspecified atom stereocenters. The van der Waals surface area contributed by atoms with Gasteiger partial charge in [-0.05, 0) is 6.08 Å². The Morgan fingerprint density at radius 2 is 2.29 bits per heavy atom. The van der Waals surface area contributed by atoms with Crippen molar-refractivity contribution in [2.24, 2.45) is 0 Å². The number of halogens is 1. The molecule has 0 aliphatic heterocycles. The van der Waals surface area contributed by atoms with Crippen LogP contribution in [0.4, 0.5) is 0 Å². The highest BCUT2D eigenvalue weighted by molar-refractivity contribution is 6.38. The lowest BCUT2D eigenvalue weighted by molar-refractivity contribution is -0.104. The van der Waals surface area contributed by atoms with Gasteiger partial charge in [0.15, 0.2) is 6.29 Å². The predicted molar refractivity (Wildman–Crippen MR) is 30.2 cm³/mol. The number of carbonyl (C=O) groups excluding carboxylic acids is 1. The minimum Gasteiger partial charge on any atom is -0.297 e. The molecule has 0 heterocycles. The number of hydrogen-bond donors (Lipinski definition) is 0. The minimum atomic E-state index is 0.176. The Bertz CT molecular complexity index is 105. The summed E-state index contributed by atoms with van der Waals surface area (Å²) < 4.78 is 0. The van der Waals surface area contributed by atoms with E-state index < -0.39 is 0 Å². The summed E-state index contributed by atoms with van der Waals surface area (Å²) in [7, 11) is 0. The lowest BCUT2D eigenvalue weighted by Crippen LogP contribution is -1.66. The first-order chi connectivity index (χ1) is 3.31. The summed E-state index contributed by atoms with van der Waals surface area (Å²) in [5.74, 6) is 0. The molecule has 0 fully saturated rings. The molecule has 0 aromatic carbocycles. The highest BCUT2D eigenvalue weighted by atomic mass is 35.5. The molecular formula is C5H5ClO. The van der Waals surface area contributed by atoms with Crippen LogP contribution in [0.3, 0.4) is 0 Å². The van der Waals surface area contributed by atoms with E-state index in [0.717, 1.165) is 0 Å². The van der Waals surface area contributed by atoms with Crippen LogP contribution < -0.4 is 0 Å². The van der Waals surface area contributed by atoms with E-state index in [1.165, 1.54) is 12.2 Å². The first-order valence-electron chi connectivity index (χ1n) is 1.74. The lowest BCUT2D eigenvalue weighted by atomic mass is 10.5. The van der Waals surface area contributed by atoms with Crippen LogP contribution >= 0.6 is 11.6 Å². The van der Waals surface area contributed by atoms with E-state index in [9.17, 15) is 4.79 Å². The van der Waals surface area contributed by atoms with Gasteiger partial charge in [0.05, 0.1) is 5.03 Å². The third-order valence-corrected chi connectivity index (χ3v) is 0.605. The van der Waals surface area contributed by atoms with Crippen LogP contribution in [0.15, 0.2) is 23.8 Å². The van der Waals surface area contributed by atoms with Crippen LogP contribution in [0, 0.1) is 0 Å². The van der Waals surface area contributed by atoms with Gasteiger partial charge in [0, 0.05) is 0 Å². The van der Waals surface area contributed by atoms with Crippen molar-refractivity contribution >= 4 is 17.9 Å². The fourth-order valence-electron chi connectivity index (χ4n) is 0.152. The molecule has 0 saturated carbocycles. The van der Waals surface area contributed by atoms with Gasteiger partial charge in [-0.1, -0.05) is 24.3 Å². The Labute approximate surface area is 47.3 Å². The summed E-state index contributed by atoms with van der Waals surface area (Å²) in [6.45, 7) is 3.33. The van der Waals surface area contributed by atoms with Gasteiger partial charge in [0.25, 0.3) is 0 Å². The minimum absolute atomic E-state index is 0.176. The van der Waals surface area contributed by atoms with Gasteiger partial charge in [-0.25, -0.2) is 0 Å². The Morgan fingerprint density at radius 3 is 2.43 bits per heavy atom. The molecule has 0 radical (unpaired) electrons. The van der Waals surface area contributed by atoms with Crippen molar-refractivity contribution in [3.8, 4) is 0 Å². The smallest absolute Gasteiger partial charge is 0.161 e. The van der Waals surface area contributed by atoms with Crippen molar-refractivity contribution in [1.29, 1.82) is 0 Å². The van der Waals surface area contributed by atoms with E-state index >= 15 is 0 Å². The first kappa shape index (κ1) is 6.44. The molecule has 0 saturated heterocycles. The SMILES string of the molecule is C=C/C=C(\Cl)C=O. The standard InChI is InChI=1S/C5H5ClO/c1-2-3-5(6)4-7/h2-4H,1H2/b5-3-. The highest BCUT2D eigenvalue weighted by Crippen LogP contribution is 1.93. The maximum atomic E-state index is 9.65. The average Bonchev–Trinajstić information content (AvgIpc) is 1.68. The largest absolute Gasteiger partial charge is 0.297 e. The number of carbonyl (C=O) groups is 1. The first-order valence-corrected chi connectivity index (χ1v) is 2.12. The summed E-state index contributed by atoms with van der Waals surface area (Å²) in [5.41, 5.74) is 0. The molecule has 2 heteroatoms. The van der Waals surface area contributed by atoms with Crippen LogP contribution in [0.2, 0.25) is 0 Å². The zero-order valence-electron chi connectivity index (χ0n) is 3.73. The zero-order chi connectivity index (χ0) is 5.70. The third-order valence-electron chi connectivity index (χ3n) is 0.390. The number of aldehydes is 1. The Morgan fingerprint density at radius 1 is 1.71 bits per heavy atom. The fourth-order valence-corrected chi connectivity index (χ4v) is 0.241. The second-order valence-electron chi connectivity index (χ2n) is 0.905. The van der Waals surface area contributed by atoms with Gasteiger partial charge in [-0.2, -0.15) is 0 Å². The molecule has 1 nitrogen and oxygen atoms in total. The average molecular weight is 117 g/mol. The maximum absolute atomic E-state index is 9.65. The second-order valence-corrected chi connectivity index (χ2v) is 1.34. The molecular weight excluding hydrogens is 112 g/mol. The lowest BCUT2D eigenvalue weighted by Gasteiger charge is -1.72. The van der Waals surface area contributed by atoms with E-state index in [1.54, 1.807) is 0 Å². The normalized spacial score (nSPS) is 10.7. The summed E-state index contributed by atoms with van der Waals surface area (Å²) >= 11 is 5.19. The molecule has 0 aromatic rings. The van der Waals surface area contributed by atoms with Crippen LogP contribution in [-0.2, 0) is 4.79 Å². The monoisotopic (exact) mass is 116 g/mol. The molecule has 0 aromatic heterocycles. The van der Waals surface area contributed by atoms with E-state index in [0.29, 0.717) is 6.29 Å². The quantitative estimate of drug-likeness (QED) is 0.304. The molecule has 0 bridgehead atoms. The van der Waals surface area contributed by atoms with Crippen molar-refractivity contribution in [3.63, 3.8) is 0 Å². The van der Waals surface area contributed by atoms with Crippen molar-refractivity contribution < 1.29 is 4.79 Å². The van der Waals surface area contributed by atoms with Crippen LogP contribution in [-0.4, -0.2) is 6.29 Å². The van der Waals surface area contributed by atoms with Gasteiger partial charge in [0.1, 0.15) is 0 Å². The zero-order valence-corrected chi connectivity index (χ0v) is 4.48. The Kier molecular flexibility index (Phi) is 3.33. The van der Waals surface area contributed by atoms with E-state index in [4.69, 9.17) is 11.6 Å². The van der Waals surface area contributed by atoms with Gasteiger partial charge in [-0.15, -0.1) is 0 Å². The number of rotatable bonds is 2. The number of allylic oxidation sites excluding steroid dienone is 3. The molecule has 0 aliphatic rings. The highest BCUT2D eigenvalue weighted by Gasteiger charge is 1.78. The molecule has 0 amide bonds. The van der Waals surface area contributed by atoms with Crippen molar-refractivity contribution in [1.82, 2.24) is 0 Å². The molecule has 38 valence electrons. The van der Waals surface area contributed by atoms with E-state index in [2.05, 4.69) is 6.58 Å². The summed E-state index contributed by atoms with van der Waals surface area (Å²) in [5, 5.41) is 0.176. The van der Waals surface area contributed by atoms with Gasteiger partial charge in [-0.3, -0.25) is 4.79 Å². The Hall–Kier alpha value is -0.560. The van der Waals surface area contributed by atoms with Crippen molar-refractivity contribution in [2.75, 3.05) is 0 Å². The van der Waals surface area contributed by atoms with E-state index in [1.807, 2.05) is 0 Å². The van der Waals surface area contributed by atoms with Gasteiger partial charge in [0.2, 0.25) is 0 Å². The van der Waals surface area contributed by atoms with Crippen LogP contribution in [0.5, 0.6) is 0 Å². The van der Waals surface area contributed by atoms with Gasteiger partial charge < -0.3 is 0 Å². The topological polar surface area (TPSA) is 17.1 Å². The van der Waals surface area contributed by atoms with E-state index in [-0.39, 0.29) is 5.03 Å². The summed E-state index contributed by atoms with van der Waals surface area (Å²) in [6.07, 6.45) is 3.44. The van der Waals surface area contributed by atoms with Gasteiger partial charge >= 0.3 is 0 Å². The predicted octanol–water partition coefficient (Wildman–Crippen LogP) is 1.49. The molecule has 0 atom stereocenters. The fraction of sp³-hybridized carbons (Fsp3) is 0. The maximum Gasteiger partial charge on any atom is 0.161 e. The Balaban J connectivity index is 3.72. The van der Waals surface area contributed by atoms with Crippen molar-refractivity contribution in [3.05, 3.63) is 23.8 Å². The van der Waals surface area contributed by atoms with Crippen LogP contribution in [0.1, 0.15) is 0 Å². The molecule has 0 rings (SSSR count). The molecule has 0 N–H and O–H groups in total.